The molecule has 1 saturated heterocycles. The molecule has 0 radical (unpaired) electrons. The molecular formula is C17H32N2O2. The fourth-order valence-electron chi connectivity index (χ4n) is 3.77. The third kappa shape index (κ3) is 4.96. The molecule has 1 saturated carbocycles. The van der Waals surface area contributed by atoms with Crippen molar-refractivity contribution in [3.63, 3.8) is 0 Å². The highest BCUT2D eigenvalue weighted by molar-refractivity contribution is 5.85. The van der Waals surface area contributed by atoms with E-state index in [9.17, 15) is 9.90 Å². The van der Waals surface area contributed by atoms with Crippen LogP contribution in [0.15, 0.2) is 0 Å². The van der Waals surface area contributed by atoms with Gasteiger partial charge in [0.25, 0.3) is 5.91 Å². The molecule has 0 aromatic carbocycles. The Morgan fingerprint density at radius 3 is 2.57 bits per heavy atom. The lowest BCUT2D eigenvalue weighted by Gasteiger charge is -2.36. The number of amides is 1. The Morgan fingerprint density at radius 2 is 1.86 bits per heavy atom. The molecular weight excluding hydrogens is 264 g/mol. The maximum Gasteiger partial charge on any atom is 0.255 e. The van der Waals surface area contributed by atoms with E-state index in [0.29, 0.717) is 13.0 Å². The molecule has 4 nitrogen and oxygen atoms in total. The third-order valence-electron chi connectivity index (χ3n) is 5.20. The number of hydrogen-bond donors (Lipinski definition) is 2. The molecule has 2 N–H and O–H groups in total. The summed E-state index contributed by atoms with van der Waals surface area (Å²) in [7, 11) is 1.78. The number of hydrogen-bond acceptors (Lipinski definition) is 3. The van der Waals surface area contributed by atoms with Crippen molar-refractivity contribution in [1.29, 1.82) is 0 Å². The van der Waals surface area contributed by atoms with Crippen LogP contribution in [0.3, 0.4) is 0 Å². The van der Waals surface area contributed by atoms with Crippen LogP contribution in [0.4, 0.5) is 0 Å². The molecule has 21 heavy (non-hydrogen) atoms. The maximum absolute atomic E-state index is 12.1. The van der Waals surface area contributed by atoms with Gasteiger partial charge in [-0.05, 0) is 31.7 Å². The summed E-state index contributed by atoms with van der Waals surface area (Å²) >= 11 is 0. The van der Waals surface area contributed by atoms with Crippen LogP contribution in [0.1, 0.15) is 64.2 Å². The van der Waals surface area contributed by atoms with E-state index in [4.69, 9.17) is 0 Å². The van der Waals surface area contributed by atoms with Gasteiger partial charge in [-0.2, -0.15) is 0 Å². The zero-order valence-corrected chi connectivity index (χ0v) is 13.6. The van der Waals surface area contributed by atoms with Crippen molar-refractivity contribution in [2.24, 2.45) is 5.92 Å². The molecule has 4 heteroatoms. The number of piperidine rings is 1. The minimum atomic E-state index is -1.17. The fraction of sp³-hybridized carbons (Fsp3) is 0.941. The van der Waals surface area contributed by atoms with Gasteiger partial charge in [0, 0.05) is 20.1 Å². The second-order valence-electron chi connectivity index (χ2n) is 7.04. The van der Waals surface area contributed by atoms with E-state index in [1.54, 1.807) is 11.9 Å². The molecule has 0 spiro atoms. The summed E-state index contributed by atoms with van der Waals surface area (Å²) in [5.74, 6) is 0.712. The first kappa shape index (κ1) is 16.8. The van der Waals surface area contributed by atoms with E-state index in [1.807, 2.05) is 0 Å². The fourth-order valence-corrected chi connectivity index (χ4v) is 3.77. The molecule has 1 atom stereocenters. The normalized spacial score (nSPS) is 29.2. The van der Waals surface area contributed by atoms with Crippen LogP contribution in [-0.4, -0.2) is 48.2 Å². The van der Waals surface area contributed by atoms with Crippen LogP contribution in [0.25, 0.3) is 0 Å². The number of carbonyl (C=O) groups excluding carboxylic acids is 1. The molecule has 0 unspecified atom stereocenters. The standard InChI is InChI=1S/C17H32N2O2/c1-19-13-7-11-17(21,16(19)20)14-18-12-10-15-8-5-3-2-4-6-9-15/h15,18,21H,2-14H2,1H3/t17-/m0/s1. The lowest BCUT2D eigenvalue weighted by atomic mass is 9.88. The van der Waals surface area contributed by atoms with Gasteiger partial charge < -0.3 is 15.3 Å². The van der Waals surface area contributed by atoms with Crippen molar-refractivity contribution in [2.45, 2.75) is 69.8 Å². The highest BCUT2D eigenvalue weighted by Gasteiger charge is 2.40. The number of nitrogens with one attached hydrogen (secondary N) is 1. The lowest BCUT2D eigenvalue weighted by Crippen LogP contribution is -2.57. The Labute approximate surface area is 129 Å². The van der Waals surface area contributed by atoms with Gasteiger partial charge in [0.2, 0.25) is 0 Å². The molecule has 2 fully saturated rings. The van der Waals surface area contributed by atoms with Crippen molar-refractivity contribution in [2.75, 3.05) is 26.7 Å². The average Bonchev–Trinajstić information content (AvgIpc) is 2.43. The van der Waals surface area contributed by atoms with Crippen LogP contribution in [0.2, 0.25) is 0 Å². The highest BCUT2D eigenvalue weighted by atomic mass is 16.3. The number of likely N-dealkylation sites (N-methyl/N-ethyl adjacent to an activating group) is 1. The number of likely N-dealkylation sites (tertiary alicyclic amines) is 1. The van der Waals surface area contributed by atoms with Crippen LogP contribution in [0, 0.1) is 5.92 Å². The van der Waals surface area contributed by atoms with Crippen LogP contribution < -0.4 is 5.32 Å². The molecule has 0 bridgehead atoms. The van der Waals surface area contributed by atoms with E-state index in [-0.39, 0.29) is 5.91 Å². The summed E-state index contributed by atoms with van der Waals surface area (Å²) in [5.41, 5.74) is -1.17. The van der Waals surface area contributed by atoms with Gasteiger partial charge in [0.15, 0.2) is 5.60 Å². The first-order valence-corrected chi connectivity index (χ1v) is 8.80. The van der Waals surface area contributed by atoms with E-state index < -0.39 is 5.60 Å². The number of nitrogens with zero attached hydrogens (tertiary/aromatic N) is 1. The van der Waals surface area contributed by atoms with E-state index in [0.717, 1.165) is 25.4 Å². The first-order chi connectivity index (χ1) is 10.1. The van der Waals surface area contributed by atoms with Crippen molar-refractivity contribution in [1.82, 2.24) is 10.2 Å². The summed E-state index contributed by atoms with van der Waals surface area (Å²) in [6.07, 6.45) is 12.3. The van der Waals surface area contributed by atoms with Gasteiger partial charge in [-0.3, -0.25) is 4.79 Å². The van der Waals surface area contributed by atoms with Gasteiger partial charge in [0.05, 0.1) is 0 Å². The van der Waals surface area contributed by atoms with Crippen molar-refractivity contribution < 1.29 is 9.90 Å². The van der Waals surface area contributed by atoms with Gasteiger partial charge in [-0.15, -0.1) is 0 Å². The molecule has 0 aromatic rings. The number of rotatable bonds is 5. The van der Waals surface area contributed by atoms with Gasteiger partial charge in [-0.1, -0.05) is 44.9 Å². The van der Waals surface area contributed by atoms with Crippen molar-refractivity contribution in [3.8, 4) is 0 Å². The first-order valence-electron chi connectivity index (χ1n) is 8.80. The summed E-state index contributed by atoms with van der Waals surface area (Å²) in [6.45, 7) is 2.09. The van der Waals surface area contributed by atoms with E-state index in [1.165, 1.54) is 51.4 Å². The lowest BCUT2D eigenvalue weighted by molar-refractivity contribution is -0.154. The summed E-state index contributed by atoms with van der Waals surface area (Å²) in [5, 5.41) is 13.8. The second kappa shape index (κ2) is 8.14. The number of aliphatic hydroxyl groups is 1. The molecule has 2 aliphatic rings. The number of carbonyl (C=O) groups is 1. The quantitative estimate of drug-likeness (QED) is 0.766. The molecule has 1 amide bonds. The van der Waals surface area contributed by atoms with Gasteiger partial charge in [-0.25, -0.2) is 0 Å². The SMILES string of the molecule is CN1CCC[C@](O)(CNCCC2CCCCCCC2)C1=O. The molecule has 122 valence electrons. The Balaban J connectivity index is 1.67. The Kier molecular flexibility index (Phi) is 6.49. The highest BCUT2D eigenvalue weighted by Crippen LogP contribution is 2.25. The third-order valence-corrected chi connectivity index (χ3v) is 5.20. The summed E-state index contributed by atoms with van der Waals surface area (Å²) < 4.78 is 0. The Bertz CT molecular complexity index is 327. The monoisotopic (exact) mass is 296 g/mol. The minimum Gasteiger partial charge on any atom is -0.379 e. The largest absolute Gasteiger partial charge is 0.379 e. The second-order valence-corrected chi connectivity index (χ2v) is 7.04. The van der Waals surface area contributed by atoms with E-state index >= 15 is 0 Å². The van der Waals surface area contributed by atoms with Gasteiger partial charge >= 0.3 is 0 Å². The Hall–Kier alpha value is -0.610. The average molecular weight is 296 g/mol. The molecule has 1 aliphatic heterocycles. The molecule has 0 aromatic heterocycles. The summed E-state index contributed by atoms with van der Waals surface area (Å²) in [6, 6.07) is 0. The predicted molar refractivity (Wildman–Crippen MR) is 85.1 cm³/mol. The van der Waals surface area contributed by atoms with E-state index in [2.05, 4.69) is 5.32 Å². The van der Waals surface area contributed by atoms with Gasteiger partial charge in [0.1, 0.15) is 0 Å². The zero-order chi connectivity index (χ0) is 15.1. The predicted octanol–water partition coefficient (Wildman–Crippen LogP) is 2.31. The molecule has 1 aliphatic carbocycles. The van der Waals surface area contributed by atoms with Crippen LogP contribution in [-0.2, 0) is 4.79 Å². The minimum absolute atomic E-state index is 0.118. The summed E-state index contributed by atoms with van der Waals surface area (Å²) in [4.78, 5) is 13.7. The van der Waals surface area contributed by atoms with Crippen molar-refractivity contribution in [3.05, 3.63) is 0 Å². The zero-order valence-electron chi connectivity index (χ0n) is 13.6. The smallest absolute Gasteiger partial charge is 0.255 e. The van der Waals surface area contributed by atoms with Crippen molar-refractivity contribution >= 4 is 5.91 Å². The Morgan fingerprint density at radius 1 is 1.19 bits per heavy atom. The van der Waals surface area contributed by atoms with Crippen LogP contribution in [0.5, 0.6) is 0 Å². The maximum atomic E-state index is 12.1. The topological polar surface area (TPSA) is 52.6 Å². The van der Waals surface area contributed by atoms with Crippen LogP contribution >= 0.6 is 0 Å². The molecule has 2 rings (SSSR count). The molecule has 1 heterocycles.